The Morgan fingerprint density at radius 2 is 0.429 bits per heavy atom. The normalized spacial score (nSPS) is 25.4. The summed E-state index contributed by atoms with van der Waals surface area (Å²) in [5, 5.41) is 4.94. The molecule has 2 amide bonds. The SMILES string of the molecule is O=C(CCCCCCC(=O)Nc1ccc(S[C@@H]2O[C@H](COS(=O)(=O)O)[C@@H](O[C@H]3O[C@H](COS(=O)(=O)O)[C@@H](OS(=O)(=O)O)[C@H](OS(=O)(=O)O)[C@H]3OS(=O)(=O)O)[C@H](OS(=O)(=O)O)[C@H]2OS(=O)(=O)O)cc1)Nc1ccc(S[C@@H]2O[C@H](COS(=O)(=O)O)[C@@H](O[C@H]3O[C@H](COS(=O)(=O)O)[C@@H](OS(=O)(=O)O)[C@H](OS(=O)(=O)O)[C@H]3OS(=O)(=O)O)[C@H](OS(=O)(=O)O)[C@H]2OS(=O)(=O)O)cc1.[Na].[Na].[Na].[Na].[Na].[Na].[Na].[Na].[Na].[Na].[Na].[Na].[Na].[Na]. The average Bonchev–Trinajstić information content (AvgIpc) is 0.756. The first-order valence-electron chi connectivity index (χ1n) is 32.0. The number of amides is 2. The van der Waals surface area contributed by atoms with Gasteiger partial charge < -0.3 is 39.1 Å². The molecule has 0 aliphatic carbocycles. The van der Waals surface area contributed by atoms with E-state index in [9.17, 15) is 191 Å². The van der Waals surface area contributed by atoms with E-state index in [0.29, 0.717) is 0 Å². The summed E-state index contributed by atoms with van der Waals surface area (Å²) in [6.45, 7) is -7.52. The van der Waals surface area contributed by atoms with Crippen molar-refractivity contribution in [1.29, 1.82) is 0 Å². The molecule has 4 heterocycles. The maximum absolute atomic E-state index is 13.1. The van der Waals surface area contributed by atoms with E-state index >= 15 is 0 Å². The van der Waals surface area contributed by atoms with Crippen LogP contribution in [-0.2, 0) is 242 Å². The molecule has 16 N–H and O–H groups in total. The molecule has 66 nitrogen and oxygen atoms in total. The van der Waals surface area contributed by atoms with Crippen LogP contribution in [0.25, 0.3) is 0 Å². The maximum atomic E-state index is 13.1. The van der Waals surface area contributed by atoms with E-state index in [1.807, 2.05) is 0 Å². The largest absolute Gasteiger partial charge is 0.397 e. The number of unbranched alkanes of at least 4 members (excludes halogenated alkanes) is 3. The van der Waals surface area contributed by atoms with Crippen molar-refractivity contribution >= 4 is 606 Å². The van der Waals surface area contributed by atoms with Gasteiger partial charge in [-0.25, -0.2) is 58.6 Å². The topological polar surface area (TPSA) is 1000 Å². The predicted octanol–water partition coefficient (Wildman–Crippen LogP) is -11.7. The van der Waals surface area contributed by atoms with E-state index in [-0.39, 0.29) is 497 Å². The fraction of sp³-hybridized carbons (Fsp3) is 0.682. The third-order valence-corrected chi connectivity index (χ3v) is 23.8. The minimum absolute atomic E-state index is 0. The molecule has 4 saturated heterocycles. The fourth-order valence-electron chi connectivity index (χ4n) is 11.1. The van der Waals surface area contributed by atoms with Crippen molar-refractivity contribution in [3.63, 3.8) is 0 Å². The number of thioether (sulfide) groups is 2. The van der Waals surface area contributed by atoms with Gasteiger partial charge in [-0.05, 0) is 61.4 Å². The van der Waals surface area contributed by atoms with Gasteiger partial charge in [-0.3, -0.25) is 73.3 Å². The van der Waals surface area contributed by atoms with Gasteiger partial charge >= 0.3 is 146 Å². The zero-order chi connectivity index (χ0) is 95.7. The van der Waals surface area contributed by atoms with Gasteiger partial charge in [0.2, 0.25) is 11.8 Å². The number of carbonyl (C=O) groups excluding carboxylic acids is 2. The Hall–Kier alpha value is 10.0. The summed E-state index contributed by atoms with van der Waals surface area (Å²) in [4.78, 5) is 25.7. The number of ether oxygens (including phenoxy) is 6. The molecular weight excluding hydrogens is 2420 g/mol. The molecule has 2 aromatic rings. The molecule has 0 bridgehead atoms. The molecule has 0 aromatic heterocycles. The Morgan fingerprint density at radius 3 is 0.636 bits per heavy atom. The van der Waals surface area contributed by atoms with Crippen LogP contribution < -0.4 is 10.6 Å². The van der Waals surface area contributed by atoms with Crippen LogP contribution in [0, 0.1) is 0 Å². The van der Waals surface area contributed by atoms with Crippen LogP contribution in [0.3, 0.4) is 0 Å². The number of rotatable bonds is 49. The van der Waals surface area contributed by atoms with Gasteiger partial charge in [-0.1, -0.05) is 36.4 Å². The van der Waals surface area contributed by atoms with E-state index < -0.39 is 305 Å². The van der Waals surface area contributed by atoms with Gasteiger partial charge in [0.25, 0.3) is 0 Å². The van der Waals surface area contributed by atoms with Crippen LogP contribution in [0.5, 0.6) is 0 Å². The summed E-state index contributed by atoms with van der Waals surface area (Å²) in [5.74, 6) is -1.39. The zero-order valence-electron chi connectivity index (χ0n) is 74.4. The molecule has 0 unspecified atom stereocenters. The van der Waals surface area contributed by atoms with Gasteiger partial charge in [0, 0.05) is 448 Å². The summed E-state index contributed by atoms with van der Waals surface area (Å²) in [5.41, 5.74) is -4.86. The van der Waals surface area contributed by atoms with Crippen LogP contribution in [0.1, 0.15) is 38.5 Å². The Morgan fingerprint density at radius 1 is 0.243 bits per heavy atom. The van der Waals surface area contributed by atoms with Crippen LogP contribution in [-0.4, -0.2) is 755 Å². The number of carbonyl (C=O) groups is 2. The first kappa shape index (κ1) is 168. The molecular formula is C44H64N2Na14O64S16. The summed E-state index contributed by atoms with van der Waals surface area (Å²) < 4.78 is 568. The molecule has 6 rings (SSSR count). The van der Waals surface area contributed by atoms with Crippen molar-refractivity contribution in [1.82, 2.24) is 0 Å². The molecule has 4 fully saturated rings. The molecule has 14 radical (unpaired) electrons. The zero-order valence-corrected chi connectivity index (χ0v) is 116. The van der Waals surface area contributed by atoms with Crippen molar-refractivity contribution in [3.8, 4) is 0 Å². The first-order valence-corrected chi connectivity index (χ1v) is 52.9. The van der Waals surface area contributed by atoms with Crippen LogP contribution in [0.4, 0.5) is 11.4 Å². The number of anilines is 2. The Bertz CT molecular complexity index is 5560. The second kappa shape index (κ2) is 71.3. The van der Waals surface area contributed by atoms with Crippen molar-refractivity contribution in [2.75, 3.05) is 37.1 Å². The number of hydrogen-bond donors (Lipinski definition) is 16. The maximum Gasteiger partial charge on any atom is 0.397 e. The molecule has 744 valence electrons. The molecule has 4 aliphatic heterocycles. The smallest absolute Gasteiger partial charge is 0.356 e. The third kappa shape index (κ3) is 67.9. The van der Waals surface area contributed by atoms with Crippen LogP contribution >= 0.6 is 23.5 Å². The van der Waals surface area contributed by atoms with Crippen LogP contribution in [0.2, 0.25) is 0 Å². The fourth-order valence-corrected chi connectivity index (χ4v) is 19.6. The Kier molecular flexibility index (Phi) is 85.3. The van der Waals surface area contributed by atoms with E-state index in [4.69, 9.17) is 28.4 Å². The number of hydrogen-bond acceptors (Lipinski definition) is 52. The van der Waals surface area contributed by atoms with Gasteiger partial charge in [0.05, 0.1) is 26.4 Å². The molecule has 96 heteroatoms. The molecule has 20 atom stereocenters. The second-order valence-corrected chi connectivity index (χ2v) is 41.6. The van der Waals surface area contributed by atoms with Crippen molar-refractivity contribution in [2.24, 2.45) is 0 Å². The molecule has 2 aromatic carbocycles. The minimum atomic E-state index is -6.27. The average molecular weight is 2480 g/mol. The minimum Gasteiger partial charge on any atom is -0.356 e. The van der Waals surface area contributed by atoms with Gasteiger partial charge in [0.15, 0.2) is 24.8 Å². The van der Waals surface area contributed by atoms with E-state index in [1.54, 1.807) is 0 Å². The summed E-state index contributed by atoms with van der Waals surface area (Å²) in [6, 6.07) is 8.67. The third-order valence-electron chi connectivity index (χ3n) is 15.1. The quantitative estimate of drug-likeness (QED) is 0.0166. The van der Waals surface area contributed by atoms with Crippen molar-refractivity contribution < 1.29 is 278 Å². The summed E-state index contributed by atoms with van der Waals surface area (Å²) in [7, 11) is -85.0. The molecule has 4 aliphatic rings. The van der Waals surface area contributed by atoms with Crippen LogP contribution in [0.15, 0.2) is 58.3 Å². The van der Waals surface area contributed by atoms with Gasteiger partial charge in [0.1, 0.15) is 96.3 Å². The predicted molar refractivity (Wildman–Crippen MR) is 469 cm³/mol. The van der Waals surface area contributed by atoms with Crippen molar-refractivity contribution in [3.05, 3.63) is 48.5 Å². The van der Waals surface area contributed by atoms with Gasteiger partial charge in [-0.2, -0.15) is 118 Å². The molecule has 0 spiro atoms. The Labute approximate surface area is 1120 Å². The number of nitrogens with one attached hydrogen (secondary N) is 2. The summed E-state index contributed by atoms with van der Waals surface area (Å²) in [6.07, 6.45) is -55.8. The standard InChI is InChI=1S/C44H64N2O64S16.14Na/c47-27(45-19-7-11-21(12-8-19)111-43-39(109-125(85,86)87)33(103-119(67,68)69)29(23(97-43)15-91-113(49,50)51)99-41-37(107-123(79,80)81)35(105-121(73,74)75)31(101-117(61,62)63)25(95-41)17-93-115(55,56)57)5-3-1-2-4-6-28(48)46-20-9-13-22(14-10-20)112-44-40(110-126(88,89)90)34(104-120(70,71)72)30(24(98-44)16-92-114(52,53)54)100-42-38(108-124(82,83)84)36(106-122(76,77)78)32(102-118(64,65)66)26(96-42)18-94-116(58,59)60;;;;;;;;;;;;;;/h7-14,23-26,29-44H,1-6,15-18H2,(H,45,47)(H,46,48)(H,49,50,51)(H,52,53,54)(H,55,56,57)(H,58,59,60)(H,61,62,63)(H,64,65,66)(H,67,68,69)(H,70,71,72)(H,73,74,75)(H,76,77,78)(H,79,80,81)(H,82,83,84)(H,85,86,87)(H,88,89,90);;;;;;;;;;;;;;/t23-,24-,25-,26-,29-,30-,31-,32-,33+,34+,35+,36+,37-,38-,39-,40-,41-,42-,43+,44+;;;;;;;;;;;;;;/m1............../s1. The molecule has 0 saturated carbocycles. The van der Waals surface area contributed by atoms with Gasteiger partial charge in [-0.15, -0.1) is 0 Å². The monoisotopic (exact) mass is 2480 g/mol. The first-order chi connectivity index (χ1) is 56.9. The van der Waals surface area contributed by atoms with Crippen molar-refractivity contribution in [2.45, 2.75) is 169 Å². The number of benzene rings is 2. The van der Waals surface area contributed by atoms with E-state index in [2.05, 4.69) is 69.2 Å². The molecule has 140 heavy (non-hydrogen) atoms. The van der Waals surface area contributed by atoms with E-state index in [0.717, 1.165) is 48.5 Å². The Balaban J connectivity index is -0.00000175. The second-order valence-electron chi connectivity index (χ2n) is 24.4. The summed E-state index contributed by atoms with van der Waals surface area (Å²) >= 11 is 0.317. The van der Waals surface area contributed by atoms with E-state index in [1.165, 1.54) is 0 Å².